The van der Waals surface area contributed by atoms with Crippen LogP contribution in [-0.2, 0) is 4.79 Å². The number of nitro groups is 1. The third-order valence-electron chi connectivity index (χ3n) is 6.90. The van der Waals surface area contributed by atoms with E-state index in [-0.39, 0.29) is 11.6 Å². The number of nitrogens with zero attached hydrogens (tertiary/aromatic N) is 4. The lowest BCUT2D eigenvalue weighted by molar-refractivity contribution is -0.384. The molecule has 1 aliphatic heterocycles. The number of nitro benzene ring substituents is 1. The van der Waals surface area contributed by atoms with Gasteiger partial charge in [0.25, 0.3) is 11.6 Å². The average molecular weight is 533 g/mol. The minimum atomic E-state index is -0.706. The first-order valence-corrected chi connectivity index (χ1v) is 12.6. The summed E-state index contributed by atoms with van der Waals surface area (Å²) in [5, 5.41) is 24.4. The van der Waals surface area contributed by atoms with E-state index in [0.717, 1.165) is 16.3 Å². The number of hydrogen-bond acceptors (Lipinski definition) is 7. The van der Waals surface area contributed by atoms with Crippen LogP contribution in [0.5, 0.6) is 5.75 Å². The maximum absolute atomic E-state index is 13.8. The van der Waals surface area contributed by atoms with E-state index in [2.05, 4.69) is 10.6 Å². The van der Waals surface area contributed by atoms with E-state index in [1.54, 1.807) is 41.9 Å². The van der Waals surface area contributed by atoms with Crippen molar-refractivity contribution in [3.63, 3.8) is 0 Å². The molecule has 40 heavy (non-hydrogen) atoms. The van der Waals surface area contributed by atoms with Gasteiger partial charge in [-0.3, -0.25) is 14.9 Å². The SMILES string of the molecule is COc1ccccc1NC(=O)C1=C(C)Nc2nc(-c3cccc4ccccc34)nn2C1c1ccc([N+](=O)[O-])cc1. The highest BCUT2D eigenvalue weighted by Crippen LogP contribution is 2.38. The van der Waals surface area contributed by atoms with Gasteiger partial charge in [-0.15, -0.1) is 5.10 Å². The van der Waals surface area contributed by atoms with Crippen LogP contribution in [0.3, 0.4) is 0 Å². The number of carbonyl (C=O) groups is 1. The summed E-state index contributed by atoms with van der Waals surface area (Å²) in [7, 11) is 1.54. The summed E-state index contributed by atoms with van der Waals surface area (Å²) in [4.78, 5) is 29.5. The Morgan fingerprint density at radius 1 is 1.00 bits per heavy atom. The van der Waals surface area contributed by atoms with Crippen molar-refractivity contribution in [2.45, 2.75) is 13.0 Å². The number of fused-ring (bicyclic) bond motifs is 2. The average Bonchev–Trinajstić information content (AvgIpc) is 3.39. The number of aromatic nitrogens is 3. The molecule has 1 unspecified atom stereocenters. The number of non-ortho nitro benzene ring substituents is 1. The van der Waals surface area contributed by atoms with Gasteiger partial charge < -0.3 is 15.4 Å². The first-order chi connectivity index (χ1) is 19.4. The third-order valence-corrected chi connectivity index (χ3v) is 6.90. The molecular formula is C30H24N6O4. The molecule has 0 saturated heterocycles. The second kappa shape index (κ2) is 9.99. The Morgan fingerprint density at radius 2 is 1.73 bits per heavy atom. The van der Waals surface area contributed by atoms with Gasteiger partial charge in [0.2, 0.25) is 5.95 Å². The molecule has 4 aromatic carbocycles. The fraction of sp³-hybridized carbons (Fsp3) is 0.100. The van der Waals surface area contributed by atoms with Gasteiger partial charge in [-0.25, -0.2) is 4.68 Å². The molecule has 2 heterocycles. The van der Waals surface area contributed by atoms with Gasteiger partial charge in [0.15, 0.2) is 5.82 Å². The highest BCUT2D eigenvalue weighted by molar-refractivity contribution is 6.06. The first kappa shape index (κ1) is 24.8. The van der Waals surface area contributed by atoms with Crippen LogP contribution in [-0.4, -0.2) is 32.7 Å². The molecule has 1 atom stereocenters. The van der Waals surface area contributed by atoms with Gasteiger partial charge in [0.1, 0.15) is 11.8 Å². The quantitative estimate of drug-likeness (QED) is 0.205. The Balaban J connectivity index is 1.48. The molecule has 1 aliphatic rings. The first-order valence-electron chi connectivity index (χ1n) is 12.6. The van der Waals surface area contributed by atoms with Crippen LogP contribution in [0.2, 0.25) is 0 Å². The van der Waals surface area contributed by atoms with Gasteiger partial charge in [0, 0.05) is 23.4 Å². The summed E-state index contributed by atoms with van der Waals surface area (Å²) >= 11 is 0. The summed E-state index contributed by atoms with van der Waals surface area (Å²) in [6, 6.07) is 26.5. The Morgan fingerprint density at radius 3 is 2.50 bits per heavy atom. The predicted molar refractivity (Wildman–Crippen MR) is 152 cm³/mol. The third kappa shape index (κ3) is 4.31. The molecule has 198 valence electrons. The summed E-state index contributed by atoms with van der Waals surface area (Å²) in [6.07, 6.45) is 0. The molecule has 10 heteroatoms. The monoisotopic (exact) mass is 532 g/mol. The van der Waals surface area contributed by atoms with Crippen molar-refractivity contribution >= 4 is 34.0 Å². The normalized spacial score (nSPS) is 14.4. The minimum Gasteiger partial charge on any atom is -0.495 e. The zero-order valence-corrected chi connectivity index (χ0v) is 21.7. The van der Waals surface area contributed by atoms with Crippen molar-refractivity contribution in [3.8, 4) is 17.1 Å². The number of carbonyl (C=O) groups excluding carboxylic acids is 1. The molecule has 6 rings (SSSR count). The van der Waals surface area contributed by atoms with Crippen molar-refractivity contribution < 1.29 is 14.5 Å². The number of benzene rings is 4. The Kier molecular flexibility index (Phi) is 6.19. The van der Waals surface area contributed by atoms with E-state index < -0.39 is 11.0 Å². The molecular weight excluding hydrogens is 508 g/mol. The van der Waals surface area contributed by atoms with Crippen molar-refractivity contribution in [3.05, 3.63) is 118 Å². The van der Waals surface area contributed by atoms with E-state index in [4.69, 9.17) is 14.8 Å². The largest absolute Gasteiger partial charge is 0.495 e. The number of para-hydroxylation sites is 2. The number of nitrogens with one attached hydrogen (secondary N) is 2. The highest BCUT2D eigenvalue weighted by atomic mass is 16.6. The standard InChI is InChI=1S/C30H24N6O4/c1-18-26(29(37)32-24-12-5-6-13-25(24)40-2)27(20-14-16-21(17-15-20)36(38)39)35-30(31-18)33-28(34-35)23-11-7-9-19-8-3-4-10-22(19)23/h3-17,27H,1-2H3,(H,32,37)(H,31,33,34). The predicted octanol–water partition coefficient (Wildman–Crippen LogP) is 5.94. The van der Waals surface area contributed by atoms with Crippen molar-refractivity contribution in [1.82, 2.24) is 14.8 Å². The molecule has 2 N–H and O–H groups in total. The maximum atomic E-state index is 13.8. The second-order valence-electron chi connectivity index (χ2n) is 9.30. The Labute approximate surface area is 229 Å². The molecule has 1 aromatic heterocycles. The zero-order valence-electron chi connectivity index (χ0n) is 21.7. The molecule has 0 bridgehead atoms. The van der Waals surface area contributed by atoms with E-state index in [9.17, 15) is 14.9 Å². The molecule has 10 nitrogen and oxygen atoms in total. The molecule has 1 amide bonds. The summed E-state index contributed by atoms with van der Waals surface area (Å²) in [6.45, 7) is 1.80. The van der Waals surface area contributed by atoms with Crippen LogP contribution in [0.1, 0.15) is 18.5 Å². The number of anilines is 2. The van der Waals surface area contributed by atoms with Crippen LogP contribution in [0.25, 0.3) is 22.2 Å². The molecule has 0 saturated carbocycles. The van der Waals surface area contributed by atoms with Crippen LogP contribution >= 0.6 is 0 Å². The minimum absolute atomic E-state index is 0.0475. The lowest BCUT2D eigenvalue weighted by Crippen LogP contribution is -2.31. The lowest BCUT2D eigenvalue weighted by Gasteiger charge is -2.28. The van der Waals surface area contributed by atoms with E-state index >= 15 is 0 Å². The highest BCUT2D eigenvalue weighted by Gasteiger charge is 2.35. The molecule has 5 aromatic rings. The molecule has 0 aliphatic carbocycles. The maximum Gasteiger partial charge on any atom is 0.269 e. The van der Waals surface area contributed by atoms with E-state index in [1.165, 1.54) is 19.2 Å². The number of hydrogen-bond donors (Lipinski definition) is 2. The number of allylic oxidation sites excluding steroid dienone is 1. The van der Waals surface area contributed by atoms with Gasteiger partial charge >= 0.3 is 0 Å². The van der Waals surface area contributed by atoms with Gasteiger partial charge in [-0.05, 0) is 47.5 Å². The summed E-state index contributed by atoms with van der Waals surface area (Å²) in [5.41, 5.74) is 2.93. The Hall–Kier alpha value is -5.51. The molecule has 0 fully saturated rings. The fourth-order valence-corrected chi connectivity index (χ4v) is 5.00. The topological polar surface area (TPSA) is 124 Å². The fourth-order valence-electron chi connectivity index (χ4n) is 5.00. The van der Waals surface area contributed by atoms with Crippen molar-refractivity contribution in [2.75, 3.05) is 17.7 Å². The number of ether oxygens (including phenoxy) is 1. The van der Waals surface area contributed by atoms with Crippen LogP contribution in [0.15, 0.2) is 102 Å². The van der Waals surface area contributed by atoms with Gasteiger partial charge in [0.05, 0.1) is 23.3 Å². The molecule has 0 spiro atoms. The summed E-state index contributed by atoms with van der Waals surface area (Å²) < 4.78 is 7.07. The van der Waals surface area contributed by atoms with Crippen LogP contribution in [0.4, 0.5) is 17.3 Å². The zero-order chi connectivity index (χ0) is 27.8. The van der Waals surface area contributed by atoms with Crippen molar-refractivity contribution in [1.29, 1.82) is 0 Å². The lowest BCUT2D eigenvalue weighted by atomic mass is 9.95. The smallest absolute Gasteiger partial charge is 0.269 e. The number of methoxy groups -OCH3 is 1. The van der Waals surface area contributed by atoms with Crippen LogP contribution in [0, 0.1) is 10.1 Å². The number of amides is 1. The molecule has 0 radical (unpaired) electrons. The Bertz CT molecular complexity index is 1800. The van der Waals surface area contributed by atoms with Gasteiger partial charge in [-0.1, -0.05) is 54.6 Å². The second-order valence-corrected chi connectivity index (χ2v) is 9.30. The van der Waals surface area contributed by atoms with Crippen LogP contribution < -0.4 is 15.4 Å². The van der Waals surface area contributed by atoms with E-state index in [0.29, 0.717) is 40.0 Å². The number of rotatable bonds is 6. The van der Waals surface area contributed by atoms with Gasteiger partial charge in [-0.2, -0.15) is 4.98 Å². The van der Waals surface area contributed by atoms with E-state index in [1.807, 2.05) is 48.5 Å². The van der Waals surface area contributed by atoms with Crippen molar-refractivity contribution in [2.24, 2.45) is 0 Å². The summed E-state index contributed by atoms with van der Waals surface area (Å²) in [5.74, 6) is 1.10.